The number of nitrogens with zero attached hydrogens (tertiary/aromatic N) is 3. The first-order chi connectivity index (χ1) is 6.57. The normalized spacial score (nSPS) is 33.4. The van der Waals surface area contributed by atoms with Crippen molar-refractivity contribution in [3.05, 3.63) is 10.4 Å². The summed E-state index contributed by atoms with van der Waals surface area (Å²) in [4.78, 5) is 13.1. The lowest BCUT2D eigenvalue weighted by molar-refractivity contribution is -0.150. The molecule has 1 aliphatic rings. The summed E-state index contributed by atoms with van der Waals surface area (Å²) in [6, 6.07) is 0. The van der Waals surface area contributed by atoms with E-state index in [2.05, 4.69) is 14.8 Å². The molecule has 0 aromatic rings. The Morgan fingerprint density at radius 3 is 2.71 bits per heavy atom. The maximum atomic E-state index is 10.7. The molecule has 0 amide bonds. The van der Waals surface area contributed by atoms with Crippen LogP contribution >= 0.6 is 0 Å². The number of hydrogen-bond acceptors (Lipinski definition) is 6. The quantitative estimate of drug-likeness (QED) is 0.217. The van der Waals surface area contributed by atoms with E-state index in [4.69, 9.17) is 10.6 Å². The van der Waals surface area contributed by atoms with Crippen LogP contribution in [0.15, 0.2) is 5.11 Å². The van der Waals surface area contributed by atoms with Crippen LogP contribution in [-0.2, 0) is 9.53 Å². The van der Waals surface area contributed by atoms with E-state index in [1.165, 1.54) is 0 Å². The van der Waals surface area contributed by atoms with E-state index in [1.807, 2.05) is 0 Å². The van der Waals surface area contributed by atoms with Crippen LogP contribution in [0, 0.1) is 0 Å². The molecule has 0 radical (unpaired) electrons. The van der Waals surface area contributed by atoms with Crippen LogP contribution in [-0.4, -0.2) is 52.2 Å². The summed E-state index contributed by atoms with van der Waals surface area (Å²) >= 11 is 0. The first-order valence-electron chi connectivity index (χ1n) is 3.83. The molecule has 14 heavy (non-hydrogen) atoms. The van der Waals surface area contributed by atoms with Crippen LogP contribution in [0.1, 0.15) is 0 Å². The van der Waals surface area contributed by atoms with E-state index in [-0.39, 0.29) is 6.54 Å². The molecule has 1 rings (SSSR count). The van der Waals surface area contributed by atoms with Crippen molar-refractivity contribution in [3.63, 3.8) is 0 Å². The zero-order valence-corrected chi connectivity index (χ0v) is 7.02. The van der Waals surface area contributed by atoms with Gasteiger partial charge in [0, 0.05) is 4.91 Å². The molecule has 0 aromatic heterocycles. The van der Waals surface area contributed by atoms with Gasteiger partial charge in [-0.1, -0.05) is 5.11 Å². The van der Waals surface area contributed by atoms with Crippen molar-refractivity contribution in [2.24, 2.45) is 5.11 Å². The van der Waals surface area contributed by atoms with Crippen molar-refractivity contribution >= 4 is 5.97 Å². The van der Waals surface area contributed by atoms with Gasteiger partial charge in [0.25, 0.3) is 0 Å². The van der Waals surface area contributed by atoms with Crippen molar-refractivity contribution in [3.8, 4) is 0 Å². The molecule has 3 N–H and O–H groups in total. The minimum atomic E-state index is -1.65. The highest BCUT2D eigenvalue weighted by atomic mass is 16.6. The van der Waals surface area contributed by atoms with Crippen LogP contribution < -0.4 is 0 Å². The number of ether oxygens (including phenoxy) is 1. The fourth-order valence-corrected chi connectivity index (χ4v) is 1.12. The summed E-state index contributed by atoms with van der Waals surface area (Å²) in [6.07, 6.45) is -5.71. The van der Waals surface area contributed by atoms with Crippen molar-refractivity contribution in [1.29, 1.82) is 0 Å². The molecule has 0 saturated carbocycles. The topological polar surface area (TPSA) is 136 Å². The third-order valence-corrected chi connectivity index (χ3v) is 1.87. The average Bonchev–Trinajstić information content (AvgIpc) is 2.42. The monoisotopic (exact) mass is 203 g/mol. The van der Waals surface area contributed by atoms with E-state index in [0.29, 0.717) is 0 Å². The Balaban J connectivity index is 2.61. The summed E-state index contributed by atoms with van der Waals surface area (Å²) in [6.45, 7) is -0.335. The number of carbonyl (C=O) groups excluding carboxylic acids is 1. The number of aliphatic hydroxyl groups is 3. The third-order valence-electron chi connectivity index (χ3n) is 1.87. The van der Waals surface area contributed by atoms with Crippen LogP contribution in [0.3, 0.4) is 0 Å². The van der Waals surface area contributed by atoms with Gasteiger partial charge in [0.05, 0.1) is 12.6 Å². The van der Waals surface area contributed by atoms with Gasteiger partial charge in [-0.05, 0) is 5.53 Å². The summed E-state index contributed by atoms with van der Waals surface area (Å²) in [5.41, 5.74) is 7.96. The Hall–Kier alpha value is -1.34. The van der Waals surface area contributed by atoms with Crippen LogP contribution in [0.5, 0.6) is 0 Å². The Morgan fingerprint density at radius 2 is 2.29 bits per heavy atom. The number of carbonyl (C=O) groups is 1. The highest BCUT2D eigenvalue weighted by molar-refractivity contribution is 5.77. The van der Waals surface area contributed by atoms with Crippen LogP contribution in [0.2, 0.25) is 0 Å². The number of hydrogen-bond donors (Lipinski definition) is 3. The standard InChI is InChI=1S/C6H9N3O5/c7-9-8-1-2(10)5-3(11)4(12)6(13)14-5/h2-5,10-12H,1H2/t2?,3-,4-,5+/m1/s1. The maximum Gasteiger partial charge on any atom is 0.338 e. The van der Waals surface area contributed by atoms with E-state index >= 15 is 0 Å². The Labute approximate surface area is 78.3 Å². The molecule has 1 heterocycles. The predicted molar refractivity (Wildman–Crippen MR) is 41.9 cm³/mol. The molecule has 1 unspecified atom stereocenters. The molecular weight excluding hydrogens is 194 g/mol. The lowest BCUT2D eigenvalue weighted by Gasteiger charge is -2.17. The molecule has 8 heteroatoms. The summed E-state index contributed by atoms with van der Waals surface area (Å²) < 4.78 is 4.47. The fourth-order valence-electron chi connectivity index (χ4n) is 1.12. The van der Waals surface area contributed by atoms with Gasteiger partial charge in [-0.3, -0.25) is 0 Å². The molecule has 0 spiro atoms. The highest BCUT2D eigenvalue weighted by Crippen LogP contribution is 2.19. The molecule has 0 bridgehead atoms. The molecule has 8 nitrogen and oxygen atoms in total. The minimum Gasteiger partial charge on any atom is -0.455 e. The molecule has 0 aromatic carbocycles. The Bertz CT molecular complexity index is 277. The molecule has 1 fully saturated rings. The van der Waals surface area contributed by atoms with Crippen LogP contribution in [0.25, 0.3) is 10.4 Å². The number of esters is 1. The number of azide groups is 1. The SMILES string of the molecule is [N-]=[N+]=NCC(O)[C@@H]1OC(=O)[C@H](O)[C@H]1O. The summed E-state index contributed by atoms with van der Waals surface area (Å²) in [5.74, 6) is -0.998. The molecule has 0 aliphatic carbocycles. The van der Waals surface area contributed by atoms with E-state index in [0.717, 1.165) is 0 Å². The molecule has 4 atom stereocenters. The first kappa shape index (κ1) is 10.7. The van der Waals surface area contributed by atoms with Gasteiger partial charge in [0.1, 0.15) is 6.10 Å². The van der Waals surface area contributed by atoms with Crippen LogP contribution in [0.4, 0.5) is 0 Å². The van der Waals surface area contributed by atoms with Gasteiger partial charge in [0.15, 0.2) is 12.2 Å². The molecule has 78 valence electrons. The summed E-state index contributed by atoms with van der Waals surface area (Å²) in [5, 5.41) is 30.5. The Morgan fingerprint density at radius 1 is 1.64 bits per heavy atom. The largest absolute Gasteiger partial charge is 0.455 e. The second-order valence-electron chi connectivity index (χ2n) is 2.82. The first-order valence-corrected chi connectivity index (χ1v) is 3.83. The van der Waals surface area contributed by atoms with E-state index in [1.54, 1.807) is 0 Å². The minimum absolute atomic E-state index is 0.335. The van der Waals surface area contributed by atoms with E-state index in [9.17, 15) is 15.0 Å². The maximum absolute atomic E-state index is 10.7. The van der Waals surface area contributed by atoms with Gasteiger partial charge in [-0.25, -0.2) is 4.79 Å². The molecule has 1 aliphatic heterocycles. The van der Waals surface area contributed by atoms with Crippen molar-refractivity contribution < 1.29 is 24.9 Å². The number of cyclic esters (lactones) is 1. The van der Waals surface area contributed by atoms with E-state index < -0.39 is 30.4 Å². The van der Waals surface area contributed by atoms with Gasteiger partial charge < -0.3 is 20.1 Å². The fraction of sp³-hybridized carbons (Fsp3) is 0.833. The van der Waals surface area contributed by atoms with Gasteiger partial charge >= 0.3 is 5.97 Å². The zero-order valence-electron chi connectivity index (χ0n) is 7.02. The van der Waals surface area contributed by atoms with Gasteiger partial charge in [-0.15, -0.1) is 0 Å². The number of rotatable bonds is 3. The van der Waals surface area contributed by atoms with Gasteiger partial charge in [0.2, 0.25) is 0 Å². The average molecular weight is 203 g/mol. The lowest BCUT2D eigenvalue weighted by Crippen LogP contribution is -2.40. The summed E-state index contributed by atoms with van der Waals surface area (Å²) in [7, 11) is 0. The second kappa shape index (κ2) is 4.25. The second-order valence-corrected chi connectivity index (χ2v) is 2.82. The Kier molecular flexibility index (Phi) is 3.26. The zero-order chi connectivity index (χ0) is 10.7. The predicted octanol–water partition coefficient (Wildman–Crippen LogP) is -1.70. The van der Waals surface area contributed by atoms with Crippen molar-refractivity contribution in [1.82, 2.24) is 0 Å². The van der Waals surface area contributed by atoms with Crippen molar-refractivity contribution in [2.75, 3.05) is 6.54 Å². The van der Waals surface area contributed by atoms with Gasteiger partial charge in [-0.2, -0.15) is 0 Å². The van der Waals surface area contributed by atoms with Crippen molar-refractivity contribution in [2.45, 2.75) is 24.4 Å². The highest BCUT2D eigenvalue weighted by Gasteiger charge is 2.45. The molecular formula is C6H9N3O5. The lowest BCUT2D eigenvalue weighted by atomic mass is 10.1. The smallest absolute Gasteiger partial charge is 0.338 e. The molecule has 1 saturated heterocycles. The number of aliphatic hydroxyl groups excluding tert-OH is 3. The third kappa shape index (κ3) is 1.94.